The second kappa shape index (κ2) is 6.56. The second-order valence-corrected chi connectivity index (χ2v) is 7.36. The maximum absolute atomic E-state index is 16.4. The molecule has 2 aromatic carbocycles. The van der Waals surface area contributed by atoms with E-state index in [-0.39, 0.29) is 12.1 Å². The van der Waals surface area contributed by atoms with Crippen LogP contribution in [0.5, 0.6) is 0 Å². The molecule has 0 N–H and O–H groups in total. The molecule has 1 saturated heterocycles. The molecule has 3 heteroatoms. The van der Waals surface area contributed by atoms with Gasteiger partial charge in [0.1, 0.15) is 11.8 Å². The molecular formula is C24H27FN2. The lowest BCUT2D eigenvalue weighted by molar-refractivity contribution is 0.0616. The van der Waals surface area contributed by atoms with Crippen molar-refractivity contribution in [2.45, 2.75) is 46.0 Å². The van der Waals surface area contributed by atoms with Crippen LogP contribution in [0.3, 0.4) is 0 Å². The summed E-state index contributed by atoms with van der Waals surface area (Å²) < 4.78 is 16.4. The minimum absolute atomic E-state index is 0.0929. The van der Waals surface area contributed by atoms with Crippen molar-refractivity contribution in [1.29, 1.82) is 0 Å². The van der Waals surface area contributed by atoms with E-state index in [9.17, 15) is 0 Å². The number of para-hydroxylation sites is 2. The quantitative estimate of drug-likeness (QED) is 0.612. The fourth-order valence-electron chi connectivity index (χ4n) is 4.85. The molecule has 0 spiro atoms. The van der Waals surface area contributed by atoms with Gasteiger partial charge in [-0.3, -0.25) is 0 Å². The van der Waals surface area contributed by atoms with Gasteiger partial charge in [-0.25, -0.2) is 4.39 Å². The minimum Gasteiger partial charge on any atom is -0.318 e. The smallest absolute Gasteiger partial charge is 0.144 e. The summed E-state index contributed by atoms with van der Waals surface area (Å²) in [5.74, 6) is -0.190. The molecule has 0 radical (unpaired) electrons. The number of fused-ring (bicyclic) bond motifs is 3. The maximum Gasteiger partial charge on any atom is 0.144 e. The van der Waals surface area contributed by atoms with Gasteiger partial charge in [0.2, 0.25) is 0 Å². The normalized spacial score (nSPS) is 30.0. The predicted molar refractivity (Wildman–Crippen MR) is 111 cm³/mol. The number of benzene rings is 2. The Bertz CT molecular complexity index is 902. The molecule has 4 rings (SSSR count). The first-order valence-electron chi connectivity index (χ1n) is 9.83. The average molecular weight is 362 g/mol. The highest BCUT2D eigenvalue weighted by atomic mass is 19.1. The van der Waals surface area contributed by atoms with Gasteiger partial charge in [-0.15, -0.1) is 0 Å². The Morgan fingerprint density at radius 3 is 2.15 bits per heavy atom. The van der Waals surface area contributed by atoms with Crippen molar-refractivity contribution in [2.75, 3.05) is 9.80 Å². The van der Waals surface area contributed by atoms with Gasteiger partial charge in [0.25, 0.3) is 0 Å². The molecule has 0 aromatic heterocycles. The molecule has 3 atom stereocenters. The predicted octanol–water partition coefficient (Wildman–Crippen LogP) is 6.37. The summed E-state index contributed by atoms with van der Waals surface area (Å²) >= 11 is 0. The van der Waals surface area contributed by atoms with E-state index >= 15 is 4.39 Å². The van der Waals surface area contributed by atoms with E-state index in [1.807, 2.05) is 43.3 Å². The highest BCUT2D eigenvalue weighted by Gasteiger charge is 2.55. The minimum atomic E-state index is -1.35. The lowest BCUT2D eigenvalue weighted by Gasteiger charge is -2.48. The monoisotopic (exact) mass is 362 g/mol. The van der Waals surface area contributed by atoms with Crippen LogP contribution >= 0.6 is 0 Å². The molecule has 0 bridgehead atoms. The Morgan fingerprint density at radius 2 is 1.52 bits per heavy atom. The number of anilines is 2. The van der Waals surface area contributed by atoms with E-state index in [0.717, 1.165) is 28.3 Å². The van der Waals surface area contributed by atoms with E-state index in [4.69, 9.17) is 0 Å². The third-order valence-electron chi connectivity index (χ3n) is 6.19. The van der Waals surface area contributed by atoms with Gasteiger partial charge in [-0.1, -0.05) is 62.4 Å². The summed E-state index contributed by atoms with van der Waals surface area (Å²) in [6, 6.07) is 18.3. The van der Waals surface area contributed by atoms with Crippen LogP contribution in [0.25, 0.3) is 0 Å². The van der Waals surface area contributed by atoms with Crippen LogP contribution in [0.2, 0.25) is 0 Å². The Morgan fingerprint density at radius 1 is 0.926 bits per heavy atom. The summed E-state index contributed by atoms with van der Waals surface area (Å²) in [7, 11) is 0. The fourth-order valence-corrected chi connectivity index (χ4v) is 4.85. The van der Waals surface area contributed by atoms with E-state index < -0.39 is 5.67 Å². The largest absolute Gasteiger partial charge is 0.318 e. The molecule has 140 valence electrons. The van der Waals surface area contributed by atoms with E-state index in [1.165, 1.54) is 0 Å². The van der Waals surface area contributed by atoms with Crippen LogP contribution in [-0.2, 0) is 5.67 Å². The first kappa shape index (κ1) is 17.8. The molecule has 3 unspecified atom stereocenters. The van der Waals surface area contributed by atoms with Crippen molar-refractivity contribution in [3.63, 3.8) is 0 Å². The standard InChI is InChI=1S/C24H27FN2/c1-5-20-21(6-2)27-22-16-12-11-15-19(22)24(25,7-3)17(4)23(27)26(20)18-13-9-8-10-14-18/h5-6,8-17,23H,7H2,1-4H3/b20-5+,21-6+. The SMILES string of the molecule is C/C=C1\C(=C/C)N2c3ccccc3C(F)(CC)C(C)C2N1c1ccccc1. The van der Waals surface area contributed by atoms with Gasteiger partial charge in [-0.2, -0.15) is 0 Å². The molecule has 2 heterocycles. The highest BCUT2D eigenvalue weighted by Crippen LogP contribution is 2.55. The third-order valence-corrected chi connectivity index (χ3v) is 6.19. The molecule has 0 saturated carbocycles. The summed E-state index contributed by atoms with van der Waals surface area (Å²) in [4.78, 5) is 4.63. The van der Waals surface area contributed by atoms with Crippen molar-refractivity contribution in [2.24, 2.45) is 5.92 Å². The van der Waals surface area contributed by atoms with E-state index in [0.29, 0.717) is 6.42 Å². The molecule has 2 nitrogen and oxygen atoms in total. The number of halogens is 1. The van der Waals surface area contributed by atoms with Gasteiger partial charge < -0.3 is 9.80 Å². The number of nitrogens with zero attached hydrogens (tertiary/aromatic N) is 2. The zero-order valence-electron chi connectivity index (χ0n) is 16.5. The highest BCUT2D eigenvalue weighted by molar-refractivity contribution is 5.76. The van der Waals surface area contributed by atoms with Crippen molar-refractivity contribution >= 4 is 11.4 Å². The molecular weight excluding hydrogens is 335 g/mol. The summed E-state index contributed by atoms with van der Waals surface area (Å²) in [5, 5.41) is 0. The molecule has 2 aromatic rings. The summed E-state index contributed by atoms with van der Waals surface area (Å²) in [5.41, 5.74) is 3.81. The average Bonchev–Trinajstić information content (AvgIpc) is 3.07. The number of alkyl halides is 1. The Hall–Kier alpha value is -2.55. The maximum atomic E-state index is 16.4. The van der Waals surface area contributed by atoms with Crippen LogP contribution in [0.4, 0.5) is 15.8 Å². The number of hydrogen-bond donors (Lipinski definition) is 0. The molecule has 1 fully saturated rings. The van der Waals surface area contributed by atoms with Crippen LogP contribution in [-0.4, -0.2) is 6.17 Å². The second-order valence-electron chi connectivity index (χ2n) is 7.36. The lowest BCUT2D eigenvalue weighted by atomic mass is 9.75. The van der Waals surface area contributed by atoms with Crippen LogP contribution in [0, 0.1) is 5.92 Å². The Kier molecular flexibility index (Phi) is 4.33. The molecule has 0 amide bonds. The summed E-state index contributed by atoms with van der Waals surface area (Å²) in [6.45, 7) is 8.14. The fraction of sp³-hybridized carbons (Fsp3) is 0.333. The van der Waals surface area contributed by atoms with Gasteiger partial charge in [-0.05, 0) is 38.5 Å². The molecule has 0 aliphatic carbocycles. The zero-order chi connectivity index (χ0) is 19.2. The van der Waals surface area contributed by atoms with Crippen LogP contribution in [0.1, 0.15) is 39.7 Å². The molecule has 2 aliphatic heterocycles. The van der Waals surface area contributed by atoms with Crippen LogP contribution in [0.15, 0.2) is 78.1 Å². The van der Waals surface area contributed by atoms with Gasteiger partial charge in [0.15, 0.2) is 0 Å². The van der Waals surface area contributed by atoms with Gasteiger partial charge in [0.05, 0.1) is 11.4 Å². The third kappa shape index (κ3) is 2.37. The number of allylic oxidation sites excluding steroid dienone is 2. The van der Waals surface area contributed by atoms with Gasteiger partial charge in [0, 0.05) is 22.9 Å². The first-order chi connectivity index (χ1) is 13.1. The van der Waals surface area contributed by atoms with Crippen molar-refractivity contribution in [1.82, 2.24) is 0 Å². The zero-order valence-corrected chi connectivity index (χ0v) is 16.5. The van der Waals surface area contributed by atoms with Crippen molar-refractivity contribution in [3.8, 4) is 0 Å². The number of rotatable bonds is 2. The van der Waals surface area contributed by atoms with Crippen molar-refractivity contribution < 1.29 is 4.39 Å². The Labute approximate surface area is 161 Å². The van der Waals surface area contributed by atoms with Crippen molar-refractivity contribution in [3.05, 3.63) is 83.7 Å². The van der Waals surface area contributed by atoms with Crippen LogP contribution < -0.4 is 9.80 Å². The topological polar surface area (TPSA) is 6.48 Å². The van der Waals surface area contributed by atoms with E-state index in [2.05, 4.69) is 60.9 Å². The Balaban J connectivity index is 2.00. The lowest BCUT2D eigenvalue weighted by Crippen LogP contribution is -2.54. The van der Waals surface area contributed by atoms with Gasteiger partial charge >= 0.3 is 0 Å². The first-order valence-corrected chi connectivity index (χ1v) is 9.83. The molecule has 2 aliphatic rings. The number of hydrogen-bond acceptors (Lipinski definition) is 2. The van der Waals surface area contributed by atoms with E-state index in [1.54, 1.807) is 0 Å². The summed E-state index contributed by atoms with van der Waals surface area (Å²) in [6.07, 6.45) is 4.66. The molecule has 27 heavy (non-hydrogen) atoms.